The van der Waals surface area contributed by atoms with Gasteiger partial charge < -0.3 is 20.6 Å². The molecule has 1 atom stereocenters. The Kier molecular flexibility index (Phi) is 8.10. The van der Waals surface area contributed by atoms with Crippen LogP contribution in [0.2, 0.25) is 0 Å². The van der Waals surface area contributed by atoms with Crippen molar-refractivity contribution in [1.29, 1.82) is 0 Å². The van der Waals surface area contributed by atoms with Crippen LogP contribution < -0.4 is 10.6 Å². The number of aliphatic carboxylic acids is 1. The Morgan fingerprint density at radius 3 is 2.33 bits per heavy atom. The van der Waals surface area contributed by atoms with Crippen molar-refractivity contribution in [2.24, 2.45) is 11.8 Å². The maximum atomic E-state index is 12.4. The van der Waals surface area contributed by atoms with Crippen molar-refractivity contribution in [3.63, 3.8) is 0 Å². The molecule has 1 aromatic carbocycles. The summed E-state index contributed by atoms with van der Waals surface area (Å²) in [6, 6.07) is 10.3. The third-order valence-electron chi connectivity index (χ3n) is 5.34. The van der Waals surface area contributed by atoms with E-state index in [1.165, 1.54) is 5.56 Å². The van der Waals surface area contributed by atoms with Crippen molar-refractivity contribution >= 4 is 12.0 Å². The van der Waals surface area contributed by atoms with Crippen LogP contribution in [0.3, 0.4) is 0 Å². The van der Waals surface area contributed by atoms with Crippen molar-refractivity contribution in [2.75, 3.05) is 13.6 Å². The molecule has 6 nitrogen and oxygen atoms in total. The molecule has 1 aliphatic carbocycles. The minimum Gasteiger partial charge on any atom is -0.481 e. The lowest BCUT2D eigenvalue weighted by molar-refractivity contribution is -0.142. The van der Waals surface area contributed by atoms with Gasteiger partial charge in [-0.05, 0) is 44.2 Å². The standard InChI is InChI=1S/C21H33N3O3/c1-15(2)19(14-24(3)13-16-7-5-4-6-8-16)23-21(27)22-18-11-9-17(10-12-18)20(25)26/h4-8,15,17-19H,9-14H2,1-3H3,(H,25,26)(H2,22,23,27). The van der Waals surface area contributed by atoms with Crippen LogP contribution in [0.5, 0.6) is 0 Å². The number of carbonyl (C=O) groups excluding carboxylic acids is 1. The van der Waals surface area contributed by atoms with Gasteiger partial charge in [0.2, 0.25) is 0 Å². The molecule has 0 spiro atoms. The number of nitrogens with one attached hydrogen (secondary N) is 2. The second kappa shape index (κ2) is 10.3. The van der Waals surface area contributed by atoms with Gasteiger partial charge in [-0.1, -0.05) is 44.2 Å². The Bertz CT molecular complexity index is 598. The van der Waals surface area contributed by atoms with Crippen molar-refractivity contribution in [1.82, 2.24) is 15.5 Å². The van der Waals surface area contributed by atoms with Crippen molar-refractivity contribution in [3.8, 4) is 0 Å². The van der Waals surface area contributed by atoms with Gasteiger partial charge in [0.05, 0.1) is 5.92 Å². The number of likely N-dealkylation sites (N-methyl/N-ethyl adjacent to an activating group) is 1. The van der Waals surface area contributed by atoms with Crippen LogP contribution in [-0.2, 0) is 11.3 Å². The van der Waals surface area contributed by atoms with Gasteiger partial charge in [0.15, 0.2) is 0 Å². The highest BCUT2D eigenvalue weighted by molar-refractivity contribution is 5.74. The lowest BCUT2D eigenvalue weighted by atomic mass is 9.86. The number of carboxylic acids is 1. The maximum absolute atomic E-state index is 12.4. The van der Waals surface area contributed by atoms with Crippen LogP contribution in [0, 0.1) is 11.8 Å². The van der Waals surface area contributed by atoms with E-state index in [1.54, 1.807) is 0 Å². The molecule has 0 saturated heterocycles. The fourth-order valence-electron chi connectivity index (χ4n) is 3.60. The van der Waals surface area contributed by atoms with Gasteiger partial charge in [-0.25, -0.2) is 4.79 Å². The fraction of sp³-hybridized carbons (Fsp3) is 0.619. The molecule has 1 unspecified atom stereocenters. The van der Waals surface area contributed by atoms with E-state index in [0.717, 1.165) is 25.9 Å². The first-order chi connectivity index (χ1) is 12.8. The van der Waals surface area contributed by atoms with E-state index in [9.17, 15) is 9.59 Å². The average Bonchev–Trinajstić information content (AvgIpc) is 2.62. The summed E-state index contributed by atoms with van der Waals surface area (Å²) in [7, 11) is 2.06. The predicted molar refractivity (Wildman–Crippen MR) is 106 cm³/mol. The highest BCUT2D eigenvalue weighted by atomic mass is 16.4. The van der Waals surface area contributed by atoms with Crippen molar-refractivity contribution < 1.29 is 14.7 Å². The smallest absolute Gasteiger partial charge is 0.315 e. The van der Waals surface area contributed by atoms with Gasteiger partial charge in [-0.15, -0.1) is 0 Å². The van der Waals surface area contributed by atoms with Crippen LogP contribution >= 0.6 is 0 Å². The lowest BCUT2D eigenvalue weighted by Crippen LogP contribution is -2.52. The number of urea groups is 1. The number of rotatable bonds is 8. The van der Waals surface area contributed by atoms with E-state index in [2.05, 4.69) is 48.6 Å². The molecule has 0 heterocycles. The summed E-state index contributed by atoms with van der Waals surface area (Å²) in [5.41, 5.74) is 1.25. The molecule has 1 fully saturated rings. The quantitative estimate of drug-likeness (QED) is 0.652. The molecule has 1 aliphatic rings. The van der Waals surface area contributed by atoms with Crippen LogP contribution in [0.15, 0.2) is 30.3 Å². The number of carboxylic acid groups (broad SMARTS) is 1. The average molecular weight is 376 g/mol. The molecular formula is C21H33N3O3. The lowest BCUT2D eigenvalue weighted by Gasteiger charge is -2.30. The van der Waals surface area contributed by atoms with E-state index in [1.807, 2.05) is 18.2 Å². The highest BCUT2D eigenvalue weighted by Crippen LogP contribution is 2.24. The summed E-state index contributed by atoms with van der Waals surface area (Å²) in [5.74, 6) is -0.669. The van der Waals surface area contributed by atoms with Gasteiger partial charge in [-0.2, -0.15) is 0 Å². The first-order valence-corrected chi connectivity index (χ1v) is 9.87. The van der Waals surface area contributed by atoms with E-state index in [0.29, 0.717) is 18.8 Å². The summed E-state index contributed by atoms with van der Waals surface area (Å²) in [4.78, 5) is 25.7. The number of nitrogens with zero attached hydrogens (tertiary/aromatic N) is 1. The minimum absolute atomic E-state index is 0.0501. The number of hydrogen-bond donors (Lipinski definition) is 3. The molecule has 0 radical (unpaired) electrons. The number of amides is 2. The molecule has 0 aliphatic heterocycles. The van der Waals surface area contributed by atoms with Gasteiger partial charge in [-0.3, -0.25) is 4.79 Å². The Balaban J connectivity index is 1.79. The Hall–Kier alpha value is -2.08. The van der Waals surface area contributed by atoms with Crippen molar-refractivity contribution in [2.45, 2.75) is 58.2 Å². The molecule has 27 heavy (non-hydrogen) atoms. The highest BCUT2D eigenvalue weighted by Gasteiger charge is 2.27. The maximum Gasteiger partial charge on any atom is 0.315 e. The molecule has 6 heteroatoms. The number of benzene rings is 1. The Morgan fingerprint density at radius 2 is 1.78 bits per heavy atom. The van der Waals surface area contributed by atoms with Gasteiger partial charge in [0, 0.05) is 25.2 Å². The summed E-state index contributed by atoms with van der Waals surface area (Å²) in [5, 5.41) is 15.2. The molecule has 150 valence electrons. The zero-order chi connectivity index (χ0) is 19.8. The Morgan fingerprint density at radius 1 is 1.15 bits per heavy atom. The minimum atomic E-state index is -0.723. The van der Waals surface area contributed by atoms with Crippen LogP contribution in [0.25, 0.3) is 0 Å². The van der Waals surface area contributed by atoms with E-state index >= 15 is 0 Å². The number of carbonyl (C=O) groups is 2. The van der Waals surface area contributed by atoms with E-state index in [4.69, 9.17) is 5.11 Å². The fourth-order valence-corrected chi connectivity index (χ4v) is 3.60. The van der Waals surface area contributed by atoms with Crippen LogP contribution in [0.4, 0.5) is 4.79 Å². The summed E-state index contributed by atoms with van der Waals surface area (Å²) < 4.78 is 0. The summed E-state index contributed by atoms with van der Waals surface area (Å²) in [6.45, 7) is 5.83. The molecule has 0 bridgehead atoms. The first kappa shape index (κ1) is 21.2. The molecular weight excluding hydrogens is 342 g/mol. The van der Waals surface area contributed by atoms with Gasteiger partial charge in [0.1, 0.15) is 0 Å². The monoisotopic (exact) mass is 375 g/mol. The van der Waals surface area contributed by atoms with E-state index < -0.39 is 5.97 Å². The normalized spacial score (nSPS) is 21.1. The third kappa shape index (κ3) is 7.21. The Labute approximate surface area is 162 Å². The largest absolute Gasteiger partial charge is 0.481 e. The zero-order valence-corrected chi connectivity index (χ0v) is 16.6. The molecule has 0 aromatic heterocycles. The van der Waals surface area contributed by atoms with Crippen LogP contribution in [-0.4, -0.2) is 47.7 Å². The second-order valence-corrected chi connectivity index (χ2v) is 8.04. The molecule has 2 rings (SSSR count). The summed E-state index contributed by atoms with van der Waals surface area (Å²) in [6.07, 6.45) is 2.72. The molecule has 1 aromatic rings. The topological polar surface area (TPSA) is 81.7 Å². The number of hydrogen-bond acceptors (Lipinski definition) is 3. The van der Waals surface area contributed by atoms with E-state index in [-0.39, 0.29) is 24.0 Å². The molecule has 2 amide bonds. The SMILES string of the molecule is CC(C)C(CN(C)Cc1ccccc1)NC(=O)NC1CCC(C(=O)O)CC1. The van der Waals surface area contributed by atoms with Crippen LogP contribution in [0.1, 0.15) is 45.1 Å². The van der Waals surface area contributed by atoms with Gasteiger partial charge >= 0.3 is 12.0 Å². The second-order valence-electron chi connectivity index (χ2n) is 8.04. The molecule has 3 N–H and O–H groups in total. The summed E-state index contributed by atoms with van der Waals surface area (Å²) >= 11 is 0. The molecule has 1 saturated carbocycles. The predicted octanol–water partition coefficient (Wildman–Crippen LogP) is 3.09. The van der Waals surface area contributed by atoms with Crippen molar-refractivity contribution in [3.05, 3.63) is 35.9 Å². The first-order valence-electron chi connectivity index (χ1n) is 9.87. The zero-order valence-electron chi connectivity index (χ0n) is 16.6. The third-order valence-corrected chi connectivity index (χ3v) is 5.34. The van der Waals surface area contributed by atoms with Gasteiger partial charge in [0.25, 0.3) is 0 Å².